The Morgan fingerprint density at radius 1 is 0.773 bits per heavy atom. The van der Waals surface area contributed by atoms with E-state index in [1.54, 1.807) is 7.11 Å². The largest absolute Gasteiger partial charge is 0.497 e. The molecule has 0 saturated carbocycles. The molecule has 0 saturated heterocycles. The van der Waals surface area contributed by atoms with Crippen molar-refractivity contribution >= 4 is 31.0 Å². The molecule has 0 fully saturated rings. The Kier molecular flexibility index (Phi) is 32.3. The third kappa shape index (κ3) is 18.5. The van der Waals surface area contributed by atoms with Gasteiger partial charge in [0.1, 0.15) is 5.75 Å². The SMILES string of the molecule is CC.CC.CCC(c1ccc(C)cc1)(c1ccc(OC)cc1)c1ccc(SS)cc1.CCCC(C)C.CCN.CPC(C)C. The minimum absolute atomic E-state index is 0.195. The van der Waals surface area contributed by atoms with Gasteiger partial charge in [0, 0.05) is 10.3 Å². The fourth-order valence-electron chi connectivity index (χ4n) is 4.20. The van der Waals surface area contributed by atoms with E-state index in [0.717, 1.165) is 43.8 Å². The van der Waals surface area contributed by atoms with Gasteiger partial charge in [-0.15, -0.1) is 20.2 Å². The van der Waals surface area contributed by atoms with Gasteiger partial charge >= 0.3 is 0 Å². The van der Waals surface area contributed by atoms with E-state index in [1.165, 1.54) is 45.9 Å². The Morgan fingerprint density at radius 3 is 1.39 bits per heavy atom. The predicted molar refractivity (Wildman–Crippen MR) is 212 cm³/mol. The lowest BCUT2D eigenvalue weighted by Crippen LogP contribution is -2.28. The molecular formula is C39H68NOPS2. The molecule has 0 spiro atoms. The van der Waals surface area contributed by atoms with Crippen LogP contribution in [-0.2, 0) is 5.41 Å². The molecular weight excluding hydrogens is 594 g/mol. The zero-order valence-corrected chi connectivity index (χ0v) is 33.5. The molecule has 3 aromatic rings. The lowest BCUT2D eigenvalue weighted by atomic mass is 9.67. The van der Waals surface area contributed by atoms with Crippen molar-refractivity contribution in [1.82, 2.24) is 0 Å². The van der Waals surface area contributed by atoms with Crippen LogP contribution in [0.15, 0.2) is 77.7 Å². The zero-order valence-electron chi connectivity index (χ0n) is 30.8. The fraction of sp³-hybridized carbons (Fsp3) is 0.538. The maximum Gasteiger partial charge on any atom is 0.118 e. The van der Waals surface area contributed by atoms with Gasteiger partial charge in [-0.05, 0) is 79.1 Å². The van der Waals surface area contributed by atoms with E-state index < -0.39 is 0 Å². The Bertz CT molecular complexity index is 956. The van der Waals surface area contributed by atoms with Crippen molar-refractivity contribution in [2.24, 2.45) is 11.7 Å². The van der Waals surface area contributed by atoms with E-state index >= 15 is 0 Å². The molecule has 0 amide bonds. The van der Waals surface area contributed by atoms with Gasteiger partial charge in [-0.1, -0.05) is 154 Å². The summed E-state index contributed by atoms with van der Waals surface area (Å²) in [5.74, 6) is 1.78. The van der Waals surface area contributed by atoms with E-state index in [2.05, 4.69) is 127 Å². The van der Waals surface area contributed by atoms with Gasteiger partial charge in [-0.2, -0.15) is 0 Å². The van der Waals surface area contributed by atoms with Gasteiger partial charge in [0.15, 0.2) is 0 Å². The van der Waals surface area contributed by atoms with E-state index in [0.29, 0.717) is 0 Å². The third-order valence-electron chi connectivity index (χ3n) is 6.55. The molecule has 252 valence electrons. The number of hydrogen-bond acceptors (Lipinski definition) is 4. The van der Waals surface area contributed by atoms with E-state index in [9.17, 15) is 0 Å². The summed E-state index contributed by atoms with van der Waals surface area (Å²) >= 11 is 4.32. The van der Waals surface area contributed by atoms with Gasteiger partial charge in [-0.25, -0.2) is 0 Å². The topological polar surface area (TPSA) is 35.2 Å². The lowest BCUT2D eigenvalue weighted by Gasteiger charge is -2.35. The van der Waals surface area contributed by atoms with Gasteiger partial charge in [-0.3, -0.25) is 0 Å². The van der Waals surface area contributed by atoms with Crippen LogP contribution in [0.4, 0.5) is 0 Å². The molecule has 2 atom stereocenters. The molecule has 44 heavy (non-hydrogen) atoms. The first-order valence-corrected chi connectivity index (χ1v) is 20.0. The Morgan fingerprint density at radius 2 is 1.14 bits per heavy atom. The monoisotopic (exact) mass is 661 g/mol. The molecule has 2 nitrogen and oxygen atoms in total. The standard InChI is InChI=1S/C23H24OS2.C6H14.C4H11P.C2H7N.2C2H6/c1-4-23(18-7-5-17(2)6-8-18,19-9-13-21(24-3)14-10-19)20-11-15-22(26-25)16-12-20;1-4-5-6(2)3;1-4(2)5-3;1-2-3;2*1-2/h5-16,25H,4H2,1-3H3;6H,4-5H2,1-3H3;4-5H,1-3H3;2-3H2,1H3;2*1-2H3. The van der Waals surface area contributed by atoms with Crippen molar-refractivity contribution in [3.8, 4) is 5.75 Å². The summed E-state index contributed by atoms with van der Waals surface area (Å²) in [7, 11) is 4.29. The molecule has 0 aliphatic heterocycles. The van der Waals surface area contributed by atoms with Crippen LogP contribution >= 0.6 is 31.0 Å². The number of benzene rings is 3. The minimum Gasteiger partial charge on any atom is -0.497 e. The smallest absolute Gasteiger partial charge is 0.118 e. The molecule has 0 aliphatic rings. The van der Waals surface area contributed by atoms with E-state index in [-0.39, 0.29) is 5.41 Å². The molecule has 5 heteroatoms. The number of ether oxygens (including phenoxy) is 1. The average Bonchev–Trinajstić information content (AvgIpc) is 3.06. The van der Waals surface area contributed by atoms with Crippen molar-refractivity contribution in [2.75, 3.05) is 20.3 Å². The number of aryl methyl sites for hydroxylation is 1. The highest BCUT2D eigenvalue weighted by molar-refractivity contribution is 8.68. The van der Waals surface area contributed by atoms with Gasteiger partial charge in [0.25, 0.3) is 0 Å². The lowest BCUT2D eigenvalue weighted by molar-refractivity contribution is 0.414. The quantitative estimate of drug-likeness (QED) is 0.104. The van der Waals surface area contributed by atoms with Crippen LogP contribution in [0.3, 0.4) is 0 Å². The van der Waals surface area contributed by atoms with Gasteiger partial charge in [0.05, 0.1) is 7.11 Å². The Balaban J connectivity index is -0.000000773. The molecule has 3 rings (SSSR count). The van der Waals surface area contributed by atoms with Crippen molar-refractivity contribution in [1.29, 1.82) is 0 Å². The van der Waals surface area contributed by atoms with Crippen LogP contribution in [-0.4, -0.2) is 26.0 Å². The number of thiol groups is 1. The third-order valence-corrected chi connectivity index (χ3v) is 8.82. The fourth-order valence-corrected chi connectivity index (χ4v) is 4.83. The first-order chi connectivity index (χ1) is 21.1. The predicted octanol–water partition coefficient (Wildman–Crippen LogP) is 12.8. The number of methoxy groups -OCH3 is 1. The van der Waals surface area contributed by atoms with Crippen molar-refractivity contribution in [3.05, 3.63) is 95.1 Å². The highest BCUT2D eigenvalue weighted by Crippen LogP contribution is 2.43. The summed E-state index contributed by atoms with van der Waals surface area (Å²) < 4.78 is 5.36. The minimum atomic E-state index is -0.195. The molecule has 3 aromatic carbocycles. The van der Waals surface area contributed by atoms with Crippen LogP contribution in [0.5, 0.6) is 5.75 Å². The highest BCUT2D eigenvalue weighted by atomic mass is 33.1. The molecule has 0 radical (unpaired) electrons. The van der Waals surface area contributed by atoms with Crippen LogP contribution < -0.4 is 10.5 Å². The van der Waals surface area contributed by atoms with Crippen molar-refractivity contribution < 1.29 is 4.74 Å². The van der Waals surface area contributed by atoms with E-state index in [1.807, 2.05) is 46.8 Å². The maximum absolute atomic E-state index is 5.36. The number of rotatable bonds is 9. The Labute approximate surface area is 285 Å². The number of nitrogens with two attached hydrogens (primary N) is 1. The zero-order chi connectivity index (χ0) is 34.6. The van der Waals surface area contributed by atoms with Crippen molar-refractivity contribution in [3.63, 3.8) is 0 Å². The summed E-state index contributed by atoms with van der Waals surface area (Å²) in [6.07, 6.45) is 3.67. The molecule has 0 heterocycles. The summed E-state index contributed by atoms with van der Waals surface area (Å²) in [6.45, 7) is 28.5. The molecule has 0 aromatic heterocycles. The van der Waals surface area contributed by atoms with E-state index in [4.69, 9.17) is 10.5 Å². The summed E-state index contributed by atoms with van der Waals surface area (Å²) in [5, 5.41) is 0. The normalized spacial score (nSPS) is 11.2. The molecule has 0 aliphatic carbocycles. The summed E-state index contributed by atoms with van der Waals surface area (Å²) in [4.78, 5) is 1.15. The second kappa shape index (κ2) is 30.2. The van der Waals surface area contributed by atoms with Gasteiger partial charge < -0.3 is 10.5 Å². The van der Waals surface area contributed by atoms with Gasteiger partial charge in [0.2, 0.25) is 0 Å². The first-order valence-electron chi connectivity index (χ1n) is 16.6. The van der Waals surface area contributed by atoms with Crippen LogP contribution in [0, 0.1) is 12.8 Å². The molecule has 2 N–H and O–H groups in total. The Hall–Kier alpha value is -1.45. The molecule has 0 bridgehead atoms. The first kappa shape index (κ1) is 47.0. The molecule has 2 unspecified atom stereocenters. The summed E-state index contributed by atoms with van der Waals surface area (Å²) in [5.41, 5.74) is 10.7. The van der Waals surface area contributed by atoms with Crippen LogP contribution in [0.2, 0.25) is 0 Å². The number of hydrogen-bond donors (Lipinski definition) is 2. The van der Waals surface area contributed by atoms with Crippen LogP contribution in [0.25, 0.3) is 0 Å². The maximum atomic E-state index is 5.36. The second-order valence-corrected chi connectivity index (χ2v) is 13.4. The second-order valence-electron chi connectivity index (χ2n) is 10.5. The highest BCUT2D eigenvalue weighted by Gasteiger charge is 2.34. The van der Waals surface area contributed by atoms with Crippen molar-refractivity contribution in [2.45, 2.75) is 118 Å². The summed E-state index contributed by atoms with van der Waals surface area (Å²) in [6, 6.07) is 26.1. The van der Waals surface area contributed by atoms with Crippen LogP contribution in [0.1, 0.15) is 118 Å². The average molecular weight is 662 g/mol.